The fraction of sp³-hybridized carbons (Fsp3) is 0.533. The number of anilines is 1. The van der Waals surface area contributed by atoms with Crippen LogP contribution in [0, 0.1) is 0 Å². The average molecular weight is 278 g/mol. The van der Waals surface area contributed by atoms with E-state index in [4.69, 9.17) is 15.2 Å². The molecule has 110 valence electrons. The Bertz CT molecular complexity index is 464. The molecule has 1 aliphatic heterocycles. The van der Waals surface area contributed by atoms with Crippen molar-refractivity contribution >= 4 is 11.6 Å². The molecule has 0 spiro atoms. The van der Waals surface area contributed by atoms with E-state index >= 15 is 0 Å². The summed E-state index contributed by atoms with van der Waals surface area (Å²) in [6.07, 6.45) is 0.964. The molecule has 2 unspecified atom stereocenters. The number of carbonyl (C=O) groups is 1. The number of hydrogen-bond acceptors (Lipinski definition) is 4. The Balaban J connectivity index is 1.93. The molecule has 2 atom stereocenters. The fourth-order valence-corrected chi connectivity index (χ4v) is 2.32. The van der Waals surface area contributed by atoms with Gasteiger partial charge in [0.25, 0.3) is 5.91 Å². The Morgan fingerprint density at radius 2 is 2.35 bits per heavy atom. The first-order valence-corrected chi connectivity index (χ1v) is 6.99. The number of nitrogens with zero attached hydrogens (tertiary/aromatic N) is 1. The zero-order chi connectivity index (χ0) is 14.5. The highest BCUT2D eigenvalue weighted by molar-refractivity contribution is 5.78. The van der Waals surface area contributed by atoms with Gasteiger partial charge in [-0.05, 0) is 25.5 Å². The average Bonchev–Trinajstić information content (AvgIpc) is 2.45. The summed E-state index contributed by atoms with van der Waals surface area (Å²) in [5, 5.41) is 0. The van der Waals surface area contributed by atoms with Gasteiger partial charge in [0.05, 0.1) is 18.8 Å². The quantitative estimate of drug-likeness (QED) is 0.851. The predicted molar refractivity (Wildman–Crippen MR) is 77.6 cm³/mol. The normalized spacial score (nSPS) is 22.6. The Morgan fingerprint density at radius 3 is 3.05 bits per heavy atom. The van der Waals surface area contributed by atoms with Crippen LogP contribution in [0.1, 0.15) is 20.3 Å². The number of benzene rings is 1. The Morgan fingerprint density at radius 1 is 1.55 bits per heavy atom. The maximum atomic E-state index is 12.3. The molecule has 1 fully saturated rings. The van der Waals surface area contributed by atoms with Crippen molar-refractivity contribution in [2.24, 2.45) is 0 Å². The molecule has 1 saturated heterocycles. The minimum Gasteiger partial charge on any atom is -0.484 e. The zero-order valence-electron chi connectivity index (χ0n) is 12.0. The van der Waals surface area contributed by atoms with Crippen LogP contribution in [0.2, 0.25) is 0 Å². The van der Waals surface area contributed by atoms with Gasteiger partial charge in [-0.2, -0.15) is 0 Å². The van der Waals surface area contributed by atoms with Gasteiger partial charge in [0.2, 0.25) is 0 Å². The molecule has 5 heteroatoms. The van der Waals surface area contributed by atoms with Crippen LogP contribution in [0.3, 0.4) is 0 Å². The number of morpholine rings is 1. The van der Waals surface area contributed by atoms with Crippen molar-refractivity contribution in [3.05, 3.63) is 24.3 Å². The summed E-state index contributed by atoms with van der Waals surface area (Å²) in [7, 11) is 0. The van der Waals surface area contributed by atoms with Gasteiger partial charge < -0.3 is 20.1 Å². The second kappa shape index (κ2) is 6.61. The van der Waals surface area contributed by atoms with Crippen LogP contribution in [-0.4, -0.2) is 42.7 Å². The molecule has 0 bridgehead atoms. The lowest BCUT2D eigenvalue weighted by Crippen LogP contribution is -2.52. The molecule has 1 aromatic rings. The van der Waals surface area contributed by atoms with Gasteiger partial charge in [-0.1, -0.05) is 13.0 Å². The smallest absolute Gasteiger partial charge is 0.260 e. The lowest BCUT2D eigenvalue weighted by atomic mass is 10.1. The van der Waals surface area contributed by atoms with Crippen LogP contribution in [0.4, 0.5) is 5.69 Å². The molecule has 2 N–H and O–H groups in total. The largest absolute Gasteiger partial charge is 0.484 e. The van der Waals surface area contributed by atoms with Gasteiger partial charge in [-0.25, -0.2) is 0 Å². The van der Waals surface area contributed by atoms with Crippen molar-refractivity contribution in [2.45, 2.75) is 32.4 Å². The number of rotatable bonds is 4. The molecular formula is C15H22N2O3. The van der Waals surface area contributed by atoms with E-state index in [1.165, 1.54) is 0 Å². The Hall–Kier alpha value is -1.75. The minimum absolute atomic E-state index is 0.00516. The summed E-state index contributed by atoms with van der Waals surface area (Å²) < 4.78 is 11.1. The lowest BCUT2D eigenvalue weighted by molar-refractivity contribution is -0.146. The van der Waals surface area contributed by atoms with Crippen LogP contribution in [0.5, 0.6) is 5.75 Å². The van der Waals surface area contributed by atoms with Crippen LogP contribution in [0.15, 0.2) is 24.3 Å². The van der Waals surface area contributed by atoms with Crippen LogP contribution in [-0.2, 0) is 9.53 Å². The monoisotopic (exact) mass is 278 g/mol. The highest BCUT2D eigenvalue weighted by Gasteiger charge is 2.29. The maximum Gasteiger partial charge on any atom is 0.260 e. The second-order valence-corrected chi connectivity index (χ2v) is 5.11. The van der Waals surface area contributed by atoms with Crippen molar-refractivity contribution < 1.29 is 14.3 Å². The van der Waals surface area contributed by atoms with Gasteiger partial charge in [0.15, 0.2) is 6.61 Å². The highest BCUT2D eigenvalue weighted by Crippen LogP contribution is 2.17. The third-order valence-electron chi connectivity index (χ3n) is 3.48. The molecule has 20 heavy (non-hydrogen) atoms. The van der Waals surface area contributed by atoms with Crippen molar-refractivity contribution in [2.75, 3.05) is 25.5 Å². The Labute approximate surface area is 119 Å². The van der Waals surface area contributed by atoms with E-state index in [2.05, 4.69) is 6.92 Å². The molecular weight excluding hydrogens is 256 g/mol. The molecule has 0 aromatic heterocycles. The van der Waals surface area contributed by atoms with Crippen LogP contribution >= 0.6 is 0 Å². The van der Waals surface area contributed by atoms with Gasteiger partial charge in [-0.3, -0.25) is 4.79 Å². The molecule has 0 aliphatic carbocycles. The number of hydrogen-bond donors (Lipinski definition) is 1. The summed E-state index contributed by atoms with van der Waals surface area (Å²) in [6.45, 7) is 5.29. The number of amides is 1. The molecule has 5 nitrogen and oxygen atoms in total. The first-order chi connectivity index (χ1) is 9.60. The number of carbonyl (C=O) groups excluding carboxylic acids is 1. The summed E-state index contributed by atoms with van der Waals surface area (Å²) in [6, 6.07) is 7.24. The summed E-state index contributed by atoms with van der Waals surface area (Å²) in [5.41, 5.74) is 6.30. The molecule has 0 saturated carbocycles. The van der Waals surface area contributed by atoms with Crippen LogP contribution in [0.25, 0.3) is 0 Å². The van der Waals surface area contributed by atoms with E-state index in [0.717, 1.165) is 6.42 Å². The molecule has 1 amide bonds. The van der Waals surface area contributed by atoms with Crippen molar-refractivity contribution in [1.82, 2.24) is 4.90 Å². The lowest BCUT2D eigenvalue weighted by Gasteiger charge is -2.38. The predicted octanol–water partition coefficient (Wildman–Crippen LogP) is 1.67. The molecule has 1 aromatic carbocycles. The first kappa shape index (κ1) is 14.7. The van der Waals surface area contributed by atoms with Gasteiger partial charge in [0.1, 0.15) is 5.75 Å². The topological polar surface area (TPSA) is 64.8 Å². The molecule has 1 heterocycles. The van der Waals surface area contributed by atoms with E-state index in [1.807, 2.05) is 11.8 Å². The van der Waals surface area contributed by atoms with E-state index in [-0.39, 0.29) is 24.7 Å². The SMILES string of the molecule is CCC1COC(C)CN1C(=O)COc1cccc(N)c1. The third-order valence-corrected chi connectivity index (χ3v) is 3.48. The fourth-order valence-electron chi connectivity index (χ4n) is 2.32. The highest BCUT2D eigenvalue weighted by atomic mass is 16.5. The van der Waals surface area contributed by atoms with Crippen molar-refractivity contribution in [1.29, 1.82) is 0 Å². The third kappa shape index (κ3) is 3.63. The van der Waals surface area contributed by atoms with Crippen molar-refractivity contribution in [3.63, 3.8) is 0 Å². The van der Waals surface area contributed by atoms with E-state index in [0.29, 0.717) is 24.6 Å². The molecule has 1 aliphatic rings. The number of nitrogen functional groups attached to an aromatic ring is 1. The first-order valence-electron chi connectivity index (χ1n) is 6.99. The number of nitrogens with two attached hydrogens (primary N) is 1. The molecule has 2 rings (SSSR count). The van der Waals surface area contributed by atoms with Crippen molar-refractivity contribution in [3.8, 4) is 5.75 Å². The maximum absolute atomic E-state index is 12.3. The minimum atomic E-state index is -0.00516. The summed E-state index contributed by atoms with van der Waals surface area (Å²) >= 11 is 0. The zero-order valence-corrected chi connectivity index (χ0v) is 12.0. The summed E-state index contributed by atoms with van der Waals surface area (Å²) in [5.74, 6) is 0.613. The number of ether oxygens (including phenoxy) is 2. The van der Waals surface area contributed by atoms with E-state index in [9.17, 15) is 4.79 Å². The van der Waals surface area contributed by atoms with Crippen LogP contribution < -0.4 is 10.5 Å². The van der Waals surface area contributed by atoms with E-state index < -0.39 is 0 Å². The van der Waals surface area contributed by atoms with Gasteiger partial charge in [0, 0.05) is 18.3 Å². The van der Waals surface area contributed by atoms with Gasteiger partial charge >= 0.3 is 0 Å². The van der Waals surface area contributed by atoms with Gasteiger partial charge in [-0.15, -0.1) is 0 Å². The standard InChI is InChI=1S/C15H22N2O3/c1-3-13-9-19-11(2)8-17(13)15(18)10-20-14-6-4-5-12(16)7-14/h4-7,11,13H,3,8-10,16H2,1-2H3. The molecule has 0 radical (unpaired) electrons. The Kier molecular flexibility index (Phi) is 4.84. The second-order valence-electron chi connectivity index (χ2n) is 5.11. The summed E-state index contributed by atoms with van der Waals surface area (Å²) in [4.78, 5) is 14.1. The van der Waals surface area contributed by atoms with E-state index in [1.54, 1.807) is 24.3 Å².